The Balaban J connectivity index is 1.37. The van der Waals surface area contributed by atoms with E-state index in [0.29, 0.717) is 39.1 Å². The van der Waals surface area contributed by atoms with Crippen LogP contribution in [0.3, 0.4) is 0 Å². The maximum atomic E-state index is 13.4. The van der Waals surface area contributed by atoms with Gasteiger partial charge in [-0.25, -0.2) is 0 Å². The van der Waals surface area contributed by atoms with Crippen LogP contribution in [0.25, 0.3) is 0 Å². The molecule has 3 fully saturated rings. The number of amides is 3. The number of likely N-dealkylation sites (tertiary alicyclic amines) is 1. The smallest absolute Gasteiger partial charge is 0.230 e. The van der Waals surface area contributed by atoms with E-state index in [9.17, 15) is 14.4 Å². The lowest BCUT2D eigenvalue weighted by molar-refractivity contribution is -0.143. The fourth-order valence-electron chi connectivity index (χ4n) is 5.31. The third-order valence-corrected chi connectivity index (χ3v) is 7.03. The van der Waals surface area contributed by atoms with Crippen LogP contribution in [0.5, 0.6) is 0 Å². The average Bonchev–Trinajstić information content (AvgIpc) is 3.28. The van der Waals surface area contributed by atoms with Crippen LogP contribution in [0.15, 0.2) is 30.4 Å². The number of carbonyl (C=O) groups excluding carboxylic acids is 3. The first-order valence-corrected chi connectivity index (χ1v) is 10.7. The van der Waals surface area contributed by atoms with Crippen LogP contribution in [0.2, 0.25) is 0 Å². The molecule has 0 aliphatic carbocycles. The van der Waals surface area contributed by atoms with Gasteiger partial charge in [-0.05, 0) is 30.5 Å². The number of aryl methyl sites for hydroxylation is 2. The largest absolute Gasteiger partial charge is 0.360 e. The molecule has 2 bridgehead atoms. The Morgan fingerprint density at radius 3 is 2.87 bits per heavy atom. The maximum absolute atomic E-state index is 13.4. The number of rotatable bonds is 3. The summed E-state index contributed by atoms with van der Waals surface area (Å²) in [5.74, 6) is -1.13. The Labute approximate surface area is 176 Å². The molecule has 7 nitrogen and oxygen atoms in total. The number of benzene rings is 1. The number of nitrogens with one attached hydrogen (secondary N) is 1. The lowest BCUT2D eigenvalue weighted by atomic mass is 9.76. The fourth-order valence-corrected chi connectivity index (χ4v) is 5.31. The predicted octanol–water partition coefficient (Wildman–Crippen LogP) is 0.934. The van der Waals surface area contributed by atoms with Crippen LogP contribution in [-0.4, -0.2) is 65.4 Å². The number of ether oxygens (including phenoxy) is 1. The van der Waals surface area contributed by atoms with E-state index in [1.54, 1.807) is 4.90 Å². The molecule has 4 heterocycles. The van der Waals surface area contributed by atoms with Gasteiger partial charge in [0.05, 0.1) is 24.5 Å². The Kier molecular flexibility index (Phi) is 4.47. The van der Waals surface area contributed by atoms with Crippen molar-refractivity contribution in [3.63, 3.8) is 0 Å². The monoisotopic (exact) mass is 409 g/mol. The molecule has 158 valence electrons. The minimum atomic E-state index is -0.707. The summed E-state index contributed by atoms with van der Waals surface area (Å²) in [6.45, 7) is 6.43. The van der Waals surface area contributed by atoms with Crippen molar-refractivity contribution in [1.29, 1.82) is 0 Å². The van der Waals surface area contributed by atoms with E-state index in [4.69, 9.17) is 4.74 Å². The van der Waals surface area contributed by atoms with Crippen molar-refractivity contribution in [2.24, 2.45) is 11.8 Å². The summed E-state index contributed by atoms with van der Waals surface area (Å²) in [6.07, 6.45) is 3.86. The Bertz CT molecular complexity index is 958. The molecule has 0 aromatic heterocycles. The minimum Gasteiger partial charge on any atom is -0.360 e. The first kappa shape index (κ1) is 19.3. The topological polar surface area (TPSA) is 79.0 Å². The number of carbonyl (C=O) groups is 3. The van der Waals surface area contributed by atoms with Crippen LogP contribution < -0.4 is 5.32 Å². The highest BCUT2D eigenvalue weighted by Gasteiger charge is 2.67. The van der Waals surface area contributed by atoms with Crippen LogP contribution >= 0.6 is 0 Å². The SMILES string of the molecule is Cc1ccc(CN2C[C@]34C=C[C@H](O3)[C@H](C(=O)N3CCNC(=O)CC3)[C@H]4C2=O)cc1C. The van der Waals surface area contributed by atoms with Gasteiger partial charge in [0.25, 0.3) is 0 Å². The van der Waals surface area contributed by atoms with Crippen LogP contribution in [-0.2, 0) is 25.7 Å². The highest BCUT2D eigenvalue weighted by molar-refractivity contribution is 5.93. The molecule has 1 aromatic carbocycles. The summed E-state index contributed by atoms with van der Waals surface area (Å²) in [7, 11) is 0. The zero-order valence-corrected chi connectivity index (χ0v) is 17.4. The first-order valence-electron chi connectivity index (χ1n) is 10.7. The molecule has 3 saturated heterocycles. The molecule has 1 N–H and O–H groups in total. The molecule has 4 atom stereocenters. The number of nitrogens with zero attached hydrogens (tertiary/aromatic N) is 2. The molecular weight excluding hydrogens is 382 g/mol. The normalized spacial score (nSPS) is 32.4. The fraction of sp³-hybridized carbons (Fsp3) is 0.522. The summed E-state index contributed by atoms with van der Waals surface area (Å²) in [5.41, 5.74) is 2.80. The van der Waals surface area contributed by atoms with Gasteiger partial charge in [0.15, 0.2) is 0 Å². The van der Waals surface area contributed by atoms with Crippen molar-refractivity contribution in [1.82, 2.24) is 15.1 Å². The lowest BCUT2D eigenvalue weighted by Crippen LogP contribution is -2.47. The van der Waals surface area contributed by atoms with E-state index in [0.717, 1.165) is 5.56 Å². The van der Waals surface area contributed by atoms with Gasteiger partial charge in [0.2, 0.25) is 17.7 Å². The zero-order valence-electron chi connectivity index (χ0n) is 17.4. The second kappa shape index (κ2) is 6.94. The molecule has 4 aliphatic rings. The van der Waals surface area contributed by atoms with Crippen molar-refractivity contribution in [2.45, 2.75) is 38.5 Å². The van der Waals surface area contributed by atoms with E-state index in [1.165, 1.54) is 11.1 Å². The predicted molar refractivity (Wildman–Crippen MR) is 109 cm³/mol. The molecule has 0 radical (unpaired) electrons. The standard InChI is InChI=1S/C23H27N3O4/c1-14-3-4-16(11-15(14)2)12-26-13-23-7-5-17(30-23)19(20(23)22(26)29)21(28)25-9-6-18(27)24-8-10-25/h3-5,7,11,17,19-20H,6,8-10,12-13H2,1-2H3,(H,24,27)/t17-,19-,20-,23-/m0/s1. The molecular formula is C23H27N3O4. The van der Waals surface area contributed by atoms with Crippen LogP contribution in [0.1, 0.15) is 23.1 Å². The third kappa shape index (κ3) is 2.95. The Hall–Kier alpha value is -2.67. The van der Waals surface area contributed by atoms with E-state index >= 15 is 0 Å². The lowest BCUT2D eigenvalue weighted by Gasteiger charge is -2.29. The summed E-state index contributed by atoms with van der Waals surface area (Å²) >= 11 is 0. The summed E-state index contributed by atoms with van der Waals surface area (Å²) in [5, 5.41) is 2.80. The molecule has 0 unspecified atom stereocenters. The van der Waals surface area contributed by atoms with Crippen LogP contribution in [0.4, 0.5) is 0 Å². The van der Waals surface area contributed by atoms with Crippen molar-refractivity contribution in [3.8, 4) is 0 Å². The second-order valence-electron chi connectivity index (χ2n) is 8.94. The molecule has 4 aliphatic heterocycles. The van der Waals surface area contributed by atoms with Crippen molar-refractivity contribution < 1.29 is 19.1 Å². The van der Waals surface area contributed by atoms with Crippen molar-refractivity contribution in [3.05, 3.63) is 47.0 Å². The molecule has 5 rings (SSSR count). The van der Waals surface area contributed by atoms with Crippen LogP contribution in [0, 0.1) is 25.7 Å². The van der Waals surface area contributed by atoms with E-state index in [2.05, 4.69) is 37.4 Å². The van der Waals surface area contributed by atoms with Gasteiger partial charge >= 0.3 is 0 Å². The summed E-state index contributed by atoms with van der Waals surface area (Å²) in [4.78, 5) is 42.0. The van der Waals surface area contributed by atoms with Gasteiger partial charge in [0.1, 0.15) is 5.60 Å². The molecule has 1 spiro atoms. The summed E-state index contributed by atoms with van der Waals surface area (Å²) in [6, 6.07) is 6.25. The van der Waals surface area contributed by atoms with Crippen molar-refractivity contribution >= 4 is 17.7 Å². The maximum Gasteiger partial charge on any atom is 0.230 e. The van der Waals surface area contributed by atoms with Gasteiger partial charge in [-0.3, -0.25) is 14.4 Å². The first-order chi connectivity index (χ1) is 14.4. The van der Waals surface area contributed by atoms with Gasteiger partial charge in [-0.15, -0.1) is 0 Å². The average molecular weight is 409 g/mol. The molecule has 30 heavy (non-hydrogen) atoms. The molecule has 1 aromatic rings. The zero-order chi connectivity index (χ0) is 21.0. The number of hydrogen-bond acceptors (Lipinski definition) is 4. The van der Waals surface area contributed by atoms with Crippen molar-refractivity contribution in [2.75, 3.05) is 26.2 Å². The van der Waals surface area contributed by atoms with Gasteiger partial charge < -0.3 is 19.9 Å². The summed E-state index contributed by atoms with van der Waals surface area (Å²) < 4.78 is 6.24. The van der Waals surface area contributed by atoms with E-state index in [1.807, 2.05) is 17.1 Å². The minimum absolute atomic E-state index is 0.0116. The van der Waals surface area contributed by atoms with Gasteiger partial charge in [-0.2, -0.15) is 0 Å². The Morgan fingerprint density at radius 2 is 2.07 bits per heavy atom. The van der Waals surface area contributed by atoms with E-state index < -0.39 is 17.4 Å². The highest BCUT2D eigenvalue weighted by atomic mass is 16.5. The molecule has 0 saturated carbocycles. The van der Waals surface area contributed by atoms with E-state index in [-0.39, 0.29) is 23.8 Å². The number of hydrogen-bond donors (Lipinski definition) is 1. The Morgan fingerprint density at radius 1 is 1.23 bits per heavy atom. The molecule has 7 heteroatoms. The quantitative estimate of drug-likeness (QED) is 0.754. The molecule has 3 amide bonds. The second-order valence-corrected chi connectivity index (χ2v) is 8.94. The van der Waals surface area contributed by atoms with Gasteiger partial charge in [0, 0.05) is 32.6 Å². The number of fused-ring (bicyclic) bond motifs is 1. The third-order valence-electron chi connectivity index (χ3n) is 7.03. The van der Waals surface area contributed by atoms with Gasteiger partial charge in [-0.1, -0.05) is 30.4 Å². The highest BCUT2D eigenvalue weighted by Crippen LogP contribution is 2.52.